The van der Waals surface area contributed by atoms with E-state index in [-0.39, 0.29) is 0 Å². The molecule has 2 aromatic heterocycles. The Morgan fingerprint density at radius 1 is 1.14 bits per heavy atom. The molecule has 0 saturated carbocycles. The molecule has 0 aliphatic rings. The maximum atomic E-state index is 6.02. The highest BCUT2D eigenvalue weighted by Crippen LogP contribution is 2.27. The van der Waals surface area contributed by atoms with Crippen molar-refractivity contribution in [3.05, 3.63) is 39.3 Å². The molecule has 3 aromatic rings. The van der Waals surface area contributed by atoms with Crippen LogP contribution in [0.4, 0.5) is 0 Å². The minimum absolute atomic E-state index is 0.533. The summed E-state index contributed by atoms with van der Waals surface area (Å²) < 4.78 is 5.78. The molecule has 0 fully saturated rings. The summed E-state index contributed by atoms with van der Waals surface area (Å²) in [7, 11) is 0. The van der Waals surface area contributed by atoms with E-state index in [0.29, 0.717) is 31.8 Å². The Balaban J connectivity index is 1.79. The summed E-state index contributed by atoms with van der Waals surface area (Å²) >= 11 is 14.4. The zero-order valence-corrected chi connectivity index (χ0v) is 13.5. The molecule has 0 aliphatic heterocycles. The van der Waals surface area contributed by atoms with Crippen molar-refractivity contribution in [3.8, 4) is 11.4 Å². The van der Waals surface area contributed by atoms with Gasteiger partial charge < -0.3 is 5.84 Å². The fourth-order valence-electron chi connectivity index (χ4n) is 1.59. The van der Waals surface area contributed by atoms with Crippen molar-refractivity contribution in [2.24, 2.45) is 0 Å². The van der Waals surface area contributed by atoms with Crippen LogP contribution in [0.5, 0.6) is 0 Å². The van der Waals surface area contributed by atoms with Crippen LogP contribution in [0, 0.1) is 0 Å². The van der Waals surface area contributed by atoms with Gasteiger partial charge in [0.05, 0.1) is 0 Å². The second-order valence-electron chi connectivity index (χ2n) is 3.97. The number of nitrogen functional groups attached to an aromatic ring is 1. The maximum absolute atomic E-state index is 6.02. The summed E-state index contributed by atoms with van der Waals surface area (Å²) in [5.74, 6) is 7.12. The highest BCUT2D eigenvalue weighted by atomic mass is 35.5. The Labute approximate surface area is 138 Å². The lowest BCUT2D eigenvalue weighted by atomic mass is 10.2. The number of thioether (sulfide) groups is 1. The fourth-order valence-corrected chi connectivity index (χ4v) is 3.30. The van der Waals surface area contributed by atoms with Gasteiger partial charge in [-0.15, -0.1) is 15.3 Å². The van der Waals surface area contributed by atoms with Gasteiger partial charge in [0.1, 0.15) is 10.0 Å². The van der Waals surface area contributed by atoms with Gasteiger partial charge in [-0.1, -0.05) is 39.5 Å². The summed E-state index contributed by atoms with van der Waals surface area (Å²) in [6, 6.07) is 7.23. The third kappa shape index (κ3) is 3.13. The highest BCUT2D eigenvalue weighted by molar-refractivity contribution is 7.98. The summed E-state index contributed by atoms with van der Waals surface area (Å²) in [5.41, 5.74) is 1.55. The van der Waals surface area contributed by atoms with Gasteiger partial charge in [0, 0.05) is 27.9 Å². The van der Waals surface area contributed by atoms with E-state index in [0.717, 1.165) is 17.1 Å². The van der Waals surface area contributed by atoms with Crippen molar-refractivity contribution in [1.29, 1.82) is 0 Å². The second-order valence-corrected chi connectivity index (χ2v) is 6.70. The Morgan fingerprint density at radius 2 is 1.90 bits per heavy atom. The predicted molar refractivity (Wildman–Crippen MR) is 85.1 cm³/mol. The van der Waals surface area contributed by atoms with E-state index in [1.165, 1.54) is 16.4 Å². The highest BCUT2D eigenvalue weighted by Gasteiger charge is 2.14. The van der Waals surface area contributed by atoms with Crippen molar-refractivity contribution >= 4 is 46.5 Å². The number of rotatable bonds is 4. The van der Waals surface area contributed by atoms with Crippen LogP contribution in [-0.2, 0) is 5.75 Å². The van der Waals surface area contributed by atoms with E-state index >= 15 is 0 Å². The standard InChI is InChI=1S/C11H8Cl2N6S2/c12-7-3-1-6(2-4-7)10-16-17-11(19(10)14)20-5-8-9(13)21-18-15-8/h1-4H,5,14H2. The topological polar surface area (TPSA) is 82.5 Å². The van der Waals surface area contributed by atoms with Gasteiger partial charge in [-0.2, -0.15) is 0 Å². The molecule has 0 bridgehead atoms. The summed E-state index contributed by atoms with van der Waals surface area (Å²) in [5, 5.41) is 13.3. The van der Waals surface area contributed by atoms with Gasteiger partial charge in [0.25, 0.3) is 0 Å². The monoisotopic (exact) mass is 358 g/mol. The van der Waals surface area contributed by atoms with E-state index in [2.05, 4.69) is 19.8 Å². The van der Waals surface area contributed by atoms with Crippen molar-refractivity contribution in [2.45, 2.75) is 10.9 Å². The van der Waals surface area contributed by atoms with Crippen LogP contribution in [0.25, 0.3) is 11.4 Å². The molecule has 10 heteroatoms. The number of nitrogens with two attached hydrogens (primary N) is 1. The molecule has 2 N–H and O–H groups in total. The first-order chi connectivity index (χ1) is 10.1. The molecule has 0 saturated heterocycles. The minimum Gasteiger partial charge on any atom is -0.335 e. The average molecular weight is 359 g/mol. The van der Waals surface area contributed by atoms with Gasteiger partial charge >= 0.3 is 0 Å². The number of benzene rings is 1. The van der Waals surface area contributed by atoms with Gasteiger partial charge in [-0.3, -0.25) is 0 Å². The third-order valence-corrected chi connectivity index (χ3v) is 4.81. The Hall–Kier alpha value is -1.35. The largest absolute Gasteiger partial charge is 0.335 e. The average Bonchev–Trinajstić information content (AvgIpc) is 3.04. The molecule has 6 nitrogen and oxygen atoms in total. The van der Waals surface area contributed by atoms with Crippen molar-refractivity contribution < 1.29 is 0 Å². The first-order valence-electron chi connectivity index (χ1n) is 5.71. The molecule has 108 valence electrons. The Kier molecular flexibility index (Phi) is 4.29. The normalized spacial score (nSPS) is 11.0. The van der Waals surface area contributed by atoms with Gasteiger partial charge in [-0.25, -0.2) is 4.68 Å². The lowest BCUT2D eigenvalue weighted by molar-refractivity contribution is 0.849. The number of hydrogen-bond donors (Lipinski definition) is 1. The zero-order chi connectivity index (χ0) is 14.8. The van der Waals surface area contributed by atoms with Crippen LogP contribution in [-0.4, -0.2) is 24.5 Å². The van der Waals surface area contributed by atoms with Crippen LogP contribution in [0.1, 0.15) is 5.69 Å². The molecule has 1 aromatic carbocycles. The smallest absolute Gasteiger partial charge is 0.210 e. The van der Waals surface area contributed by atoms with Crippen LogP contribution >= 0.6 is 46.5 Å². The SMILES string of the molecule is Nn1c(SCc2nnsc2Cl)nnc1-c1ccc(Cl)cc1. The first-order valence-corrected chi connectivity index (χ1v) is 8.22. The van der Waals surface area contributed by atoms with Crippen molar-refractivity contribution in [3.63, 3.8) is 0 Å². The Morgan fingerprint density at radius 3 is 2.57 bits per heavy atom. The Bertz CT molecular complexity index is 754. The minimum atomic E-state index is 0.533. The second kappa shape index (κ2) is 6.18. The molecular weight excluding hydrogens is 351 g/mol. The predicted octanol–water partition coefficient (Wildman–Crippen LogP) is 3.11. The molecule has 0 aliphatic carbocycles. The van der Waals surface area contributed by atoms with Gasteiger partial charge in [-0.05, 0) is 24.3 Å². The quantitative estimate of drug-likeness (QED) is 0.569. The van der Waals surface area contributed by atoms with Crippen LogP contribution in [0.2, 0.25) is 9.36 Å². The van der Waals surface area contributed by atoms with E-state index < -0.39 is 0 Å². The number of aromatic nitrogens is 5. The van der Waals surface area contributed by atoms with Gasteiger partial charge in [0.15, 0.2) is 5.82 Å². The molecule has 0 atom stereocenters. The van der Waals surface area contributed by atoms with Crippen molar-refractivity contribution in [2.75, 3.05) is 5.84 Å². The molecule has 0 amide bonds. The van der Waals surface area contributed by atoms with Crippen molar-refractivity contribution in [1.82, 2.24) is 24.5 Å². The number of halogens is 2. The lowest BCUT2D eigenvalue weighted by Gasteiger charge is -2.03. The summed E-state index contributed by atoms with van der Waals surface area (Å²) in [4.78, 5) is 0. The molecule has 21 heavy (non-hydrogen) atoms. The molecule has 2 heterocycles. The van der Waals surface area contributed by atoms with Gasteiger partial charge in [0.2, 0.25) is 5.16 Å². The zero-order valence-electron chi connectivity index (χ0n) is 10.4. The maximum Gasteiger partial charge on any atom is 0.210 e. The van der Waals surface area contributed by atoms with E-state index in [9.17, 15) is 0 Å². The summed E-state index contributed by atoms with van der Waals surface area (Å²) in [6.45, 7) is 0. The molecule has 0 radical (unpaired) electrons. The van der Waals surface area contributed by atoms with E-state index in [1.807, 2.05) is 12.1 Å². The van der Waals surface area contributed by atoms with Crippen LogP contribution in [0.15, 0.2) is 29.4 Å². The fraction of sp³-hybridized carbons (Fsp3) is 0.0909. The van der Waals surface area contributed by atoms with Crippen LogP contribution < -0.4 is 5.84 Å². The van der Waals surface area contributed by atoms with E-state index in [4.69, 9.17) is 29.0 Å². The third-order valence-electron chi connectivity index (χ3n) is 2.61. The first kappa shape index (κ1) is 14.6. The number of hydrogen-bond acceptors (Lipinski definition) is 7. The molecular formula is C11H8Cl2N6S2. The number of nitrogens with zero attached hydrogens (tertiary/aromatic N) is 5. The summed E-state index contributed by atoms with van der Waals surface area (Å²) in [6.07, 6.45) is 0. The molecule has 3 rings (SSSR count). The molecule has 0 spiro atoms. The molecule has 0 unspecified atom stereocenters. The van der Waals surface area contributed by atoms with Crippen LogP contribution in [0.3, 0.4) is 0 Å². The van der Waals surface area contributed by atoms with E-state index in [1.54, 1.807) is 12.1 Å². The lowest BCUT2D eigenvalue weighted by Crippen LogP contribution is -2.11.